The summed E-state index contributed by atoms with van der Waals surface area (Å²) < 4.78 is 2.25. The summed E-state index contributed by atoms with van der Waals surface area (Å²) in [5, 5.41) is 3.51. The number of aryl methyl sites for hydroxylation is 2. The number of allylic oxidation sites excluding steroid dienone is 1. The van der Waals surface area contributed by atoms with Crippen molar-refractivity contribution in [3.63, 3.8) is 0 Å². The molecule has 0 fully saturated rings. The second-order valence-electron chi connectivity index (χ2n) is 7.42. The predicted molar refractivity (Wildman–Crippen MR) is 119 cm³/mol. The van der Waals surface area contributed by atoms with Crippen LogP contribution in [0.5, 0.6) is 0 Å². The third kappa shape index (κ3) is 3.56. The highest BCUT2D eigenvalue weighted by Gasteiger charge is 2.13. The summed E-state index contributed by atoms with van der Waals surface area (Å²) in [5.74, 6) is 0.848. The third-order valence-electron chi connectivity index (χ3n) is 5.14. The quantitative estimate of drug-likeness (QED) is 0.437. The SMILES string of the molecule is C=C(C)c1ccc2c(c1)nc(Nc1ccc(C)cc1)n2Cc1ccccc1C. The summed E-state index contributed by atoms with van der Waals surface area (Å²) in [6.07, 6.45) is 0. The molecular weight excluding hydrogens is 342 g/mol. The maximum absolute atomic E-state index is 4.91. The highest BCUT2D eigenvalue weighted by Crippen LogP contribution is 2.27. The molecule has 0 amide bonds. The highest BCUT2D eigenvalue weighted by molar-refractivity contribution is 5.83. The zero-order valence-electron chi connectivity index (χ0n) is 16.7. The third-order valence-corrected chi connectivity index (χ3v) is 5.14. The Labute approximate surface area is 166 Å². The van der Waals surface area contributed by atoms with Gasteiger partial charge in [-0.15, -0.1) is 0 Å². The monoisotopic (exact) mass is 367 g/mol. The zero-order valence-corrected chi connectivity index (χ0v) is 16.7. The Bertz CT molecular complexity index is 1150. The van der Waals surface area contributed by atoms with Gasteiger partial charge in [0, 0.05) is 5.69 Å². The first-order valence-corrected chi connectivity index (χ1v) is 9.55. The molecule has 28 heavy (non-hydrogen) atoms. The van der Waals surface area contributed by atoms with E-state index in [1.54, 1.807) is 0 Å². The number of benzene rings is 3. The van der Waals surface area contributed by atoms with Gasteiger partial charge in [-0.3, -0.25) is 0 Å². The molecule has 0 saturated carbocycles. The van der Waals surface area contributed by atoms with E-state index in [0.717, 1.165) is 40.4 Å². The van der Waals surface area contributed by atoms with Gasteiger partial charge in [-0.25, -0.2) is 4.98 Å². The summed E-state index contributed by atoms with van der Waals surface area (Å²) in [5.41, 5.74) is 9.10. The number of rotatable bonds is 5. The van der Waals surface area contributed by atoms with Crippen LogP contribution in [0.2, 0.25) is 0 Å². The number of hydrogen-bond acceptors (Lipinski definition) is 2. The summed E-state index contributed by atoms with van der Waals surface area (Å²) >= 11 is 0. The van der Waals surface area contributed by atoms with Gasteiger partial charge in [-0.1, -0.05) is 60.2 Å². The summed E-state index contributed by atoms with van der Waals surface area (Å²) in [4.78, 5) is 4.91. The lowest BCUT2D eigenvalue weighted by atomic mass is 10.1. The molecule has 1 N–H and O–H groups in total. The average molecular weight is 367 g/mol. The largest absolute Gasteiger partial charge is 0.326 e. The van der Waals surface area contributed by atoms with Crippen molar-refractivity contribution in [2.24, 2.45) is 0 Å². The van der Waals surface area contributed by atoms with Crippen molar-refractivity contribution in [1.82, 2.24) is 9.55 Å². The second kappa shape index (κ2) is 7.35. The number of aromatic nitrogens is 2. The lowest BCUT2D eigenvalue weighted by Crippen LogP contribution is -2.06. The molecule has 0 unspecified atom stereocenters. The van der Waals surface area contributed by atoms with Gasteiger partial charge < -0.3 is 9.88 Å². The molecule has 4 aromatic rings. The topological polar surface area (TPSA) is 29.9 Å². The average Bonchev–Trinajstić information content (AvgIpc) is 3.01. The maximum atomic E-state index is 4.91. The molecule has 0 aliphatic rings. The van der Waals surface area contributed by atoms with E-state index in [9.17, 15) is 0 Å². The van der Waals surface area contributed by atoms with E-state index in [2.05, 4.69) is 97.0 Å². The van der Waals surface area contributed by atoms with Gasteiger partial charge >= 0.3 is 0 Å². The van der Waals surface area contributed by atoms with Crippen molar-refractivity contribution in [2.45, 2.75) is 27.3 Å². The first-order chi connectivity index (χ1) is 13.5. The van der Waals surface area contributed by atoms with E-state index in [0.29, 0.717) is 0 Å². The predicted octanol–water partition coefficient (Wildman–Crippen LogP) is 6.48. The van der Waals surface area contributed by atoms with Crippen molar-refractivity contribution in [1.29, 1.82) is 0 Å². The van der Waals surface area contributed by atoms with E-state index < -0.39 is 0 Å². The van der Waals surface area contributed by atoms with Crippen LogP contribution in [0.15, 0.2) is 73.3 Å². The smallest absolute Gasteiger partial charge is 0.208 e. The number of hydrogen-bond donors (Lipinski definition) is 1. The highest BCUT2D eigenvalue weighted by atomic mass is 15.2. The summed E-state index contributed by atoms with van der Waals surface area (Å²) in [6, 6.07) is 23.3. The minimum Gasteiger partial charge on any atom is -0.326 e. The fourth-order valence-electron chi connectivity index (χ4n) is 3.37. The number of nitrogens with one attached hydrogen (secondary N) is 1. The lowest BCUT2D eigenvalue weighted by Gasteiger charge is -2.13. The number of anilines is 2. The molecular formula is C25H25N3. The second-order valence-corrected chi connectivity index (χ2v) is 7.42. The molecule has 4 rings (SSSR count). The van der Waals surface area contributed by atoms with Crippen LogP contribution >= 0.6 is 0 Å². The minimum absolute atomic E-state index is 0.768. The fraction of sp³-hybridized carbons (Fsp3) is 0.160. The number of imidazole rings is 1. The van der Waals surface area contributed by atoms with Gasteiger partial charge in [-0.2, -0.15) is 0 Å². The Hall–Kier alpha value is -3.33. The molecule has 0 saturated heterocycles. The van der Waals surface area contributed by atoms with Crippen molar-refractivity contribution in [3.05, 3.63) is 95.6 Å². The van der Waals surface area contributed by atoms with E-state index >= 15 is 0 Å². The Morgan fingerprint density at radius 2 is 1.75 bits per heavy atom. The van der Waals surface area contributed by atoms with Crippen LogP contribution in [0.3, 0.4) is 0 Å². The van der Waals surface area contributed by atoms with Crippen molar-refractivity contribution < 1.29 is 0 Å². The molecule has 3 heteroatoms. The van der Waals surface area contributed by atoms with Crippen LogP contribution in [-0.2, 0) is 6.54 Å². The van der Waals surface area contributed by atoms with Crippen molar-refractivity contribution in [3.8, 4) is 0 Å². The van der Waals surface area contributed by atoms with Gasteiger partial charge in [0.25, 0.3) is 0 Å². The van der Waals surface area contributed by atoms with Crippen LogP contribution in [0.1, 0.15) is 29.2 Å². The molecule has 3 nitrogen and oxygen atoms in total. The van der Waals surface area contributed by atoms with Crippen LogP contribution in [0, 0.1) is 13.8 Å². The minimum atomic E-state index is 0.768. The standard InChI is InChI=1S/C25H25N3/c1-17(2)20-11-14-24-23(15-20)27-25(26-22-12-9-18(3)10-13-22)28(24)16-21-8-6-5-7-19(21)4/h5-15H,1,16H2,2-4H3,(H,26,27). The Kier molecular flexibility index (Phi) is 4.74. The number of fused-ring (bicyclic) bond motifs is 1. The van der Waals surface area contributed by atoms with Crippen LogP contribution in [0.4, 0.5) is 11.6 Å². The summed E-state index contributed by atoms with van der Waals surface area (Å²) in [6.45, 7) is 11.1. The van der Waals surface area contributed by atoms with Crippen LogP contribution in [-0.4, -0.2) is 9.55 Å². The van der Waals surface area contributed by atoms with Crippen molar-refractivity contribution >= 4 is 28.2 Å². The Morgan fingerprint density at radius 3 is 2.46 bits per heavy atom. The van der Waals surface area contributed by atoms with Gasteiger partial charge in [-0.05, 0) is 61.7 Å². The number of nitrogens with zero attached hydrogens (tertiary/aromatic N) is 2. The van der Waals surface area contributed by atoms with E-state index in [-0.39, 0.29) is 0 Å². The van der Waals surface area contributed by atoms with Crippen LogP contribution < -0.4 is 5.32 Å². The molecule has 0 bridgehead atoms. The molecule has 0 radical (unpaired) electrons. The first kappa shape index (κ1) is 18.1. The van der Waals surface area contributed by atoms with E-state index in [1.165, 1.54) is 16.7 Å². The Balaban J connectivity index is 1.82. The molecule has 0 atom stereocenters. The van der Waals surface area contributed by atoms with Crippen molar-refractivity contribution in [2.75, 3.05) is 5.32 Å². The van der Waals surface area contributed by atoms with Gasteiger partial charge in [0.2, 0.25) is 5.95 Å². The normalized spacial score (nSPS) is 11.0. The van der Waals surface area contributed by atoms with Gasteiger partial charge in [0.05, 0.1) is 17.6 Å². The maximum Gasteiger partial charge on any atom is 0.208 e. The van der Waals surface area contributed by atoms with E-state index in [4.69, 9.17) is 4.98 Å². The molecule has 0 aliphatic carbocycles. The van der Waals surface area contributed by atoms with Gasteiger partial charge in [0.15, 0.2) is 0 Å². The zero-order chi connectivity index (χ0) is 19.7. The molecule has 1 aromatic heterocycles. The molecule has 0 aliphatic heterocycles. The van der Waals surface area contributed by atoms with E-state index in [1.807, 2.05) is 6.92 Å². The first-order valence-electron chi connectivity index (χ1n) is 9.55. The molecule has 1 heterocycles. The lowest BCUT2D eigenvalue weighted by molar-refractivity contribution is 0.829. The van der Waals surface area contributed by atoms with Gasteiger partial charge in [0.1, 0.15) is 0 Å². The van der Waals surface area contributed by atoms with Crippen LogP contribution in [0.25, 0.3) is 16.6 Å². The Morgan fingerprint density at radius 1 is 1.00 bits per heavy atom. The molecule has 140 valence electrons. The molecule has 3 aromatic carbocycles. The fourth-order valence-corrected chi connectivity index (χ4v) is 3.37. The molecule has 0 spiro atoms. The summed E-state index contributed by atoms with van der Waals surface area (Å²) in [7, 11) is 0.